The summed E-state index contributed by atoms with van der Waals surface area (Å²) in [5, 5.41) is 10.2. The van der Waals surface area contributed by atoms with Crippen LogP contribution in [0.4, 0.5) is 0 Å². The van der Waals surface area contributed by atoms with Crippen molar-refractivity contribution in [2.75, 3.05) is 13.7 Å². The van der Waals surface area contributed by atoms with Gasteiger partial charge >= 0.3 is 0 Å². The molecule has 0 spiro atoms. The molecule has 3 heteroatoms. The van der Waals surface area contributed by atoms with Crippen LogP contribution >= 0.6 is 0 Å². The molecule has 18 heavy (non-hydrogen) atoms. The summed E-state index contributed by atoms with van der Waals surface area (Å²) in [6, 6.07) is 2.51. The lowest BCUT2D eigenvalue weighted by Gasteiger charge is -2.34. The number of hydrogen-bond donors (Lipinski definition) is 1. The van der Waals surface area contributed by atoms with E-state index in [1.165, 1.54) is 5.69 Å². The van der Waals surface area contributed by atoms with Gasteiger partial charge < -0.3 is 14.4 Å². The molecule has 0 amide bonds. The number of methoxy groups -OCH3 is 1. The standard InChI is InChI=1S/C15H25NO2/c1-11(6-8-18-4)16-7-5-12-13(16)9-15(2,3)10-14(12)17/h5,7,11,14,17H,6,8-10H2,1-4H3. The maximum atomic E-state index is 10.2. The highest BCUT2D eigenvalue weighted by molar-refractivity contribution is 5.29. The van der Waals surface area contributed by atoms with Crippen molar-refractivity contribution in [1.82, 2.24) is 4.57 Å². The number of ether oxygens (including phenoxy) is 1. The lowest BCUT2D eigenvalue weighted by molar-refractivity contribution is 0.0971. The first kappa shape index (κ1) is 13.6. The molecule has 0 radical (unpaired) electrons. The van der Waals surface area contributed by atoms with Gasteiger partial charge in [-0.2, -0.15) is 0 Å². The first-order valence-corrected chi connectivity index (χ1v) is 6.81. The van der Waals surface area contributed by atoms with E-state index in [9.17, 15) is 5.11 Å². The second kappa shape index (κ2) is 5.06. The van der Waals surface area contributed by atoms with Crippen molar-refractivity contribution in [3.8, 4) is 0 Å². The minimum absolute atomic E-state index is 0.184. The fourth-order valence-electron chi connectivity index (χ4n) is 2.99. The number of nitrogens with zero attached hydrogens (tertiary/aromatic N) is 1. The molecule has 102 valence electrons. The first-order chi connectivity index (χ1) is 8.44. The van der Waals surface area contributed by atoms with Crippen LogP contribution in [-0.4, -0.2) is 23.4 Å². The monoisotopic (exact) mass is 251 g/mol. The van der Waals surface area contributed by atoms with E-state index in [1.54, 1.807) is 7.11 Å². The van der Waals surface area contributed by atoms with E-state index in [4.69, 9.17) is 4.74 Å². The van der Waals surface area contributed by atoms with Crippen LogP contribution in [0.3, 0.4) is 0 Å². The quantitative estimate of drug-likeness (QED) is 0.892. The van der Waals surface area contributed by atoms with Crippen LogP contribution in [0, 0.1) is 5.41 Å². The van der Waals surface area contributed by atoms with Gasteiger partial charge in [-0.15, -0.1) is 0 Å². The van der Waals surface area contributed by atoms with Crippen molar-refractivity contribution < 1.29 is 9.84 Å². The molecule has 2 rings (SSSR count). The third kappa shape index (κ3) is 2.62. The Balaban J connectivity index is 2.25. The molecule has 0 aliphatic heterocycles. The molecule has 0 fully saturated rings. The molecule has 2 atom stereocenters. The zero-order chi connectivity index (χ0) is 13.3. The first-order valence-electron chi connectivity index (χ1n) is 6.81. The maximum absolute atomic E-state index is 10.2. The van der Waals surface area contributed by atoms with Gasteiger partial charge in [0.1, 0.15) is 0 Å². The third-order valence-electron chi connectivity index (χ3n) is 4.03. The van der Waals surface area contributed by atoms with Crippen molar-refractivity contribution in [1.29, 1.82) is 0 Å². The van der Waals surface area contributed by atoms with E-state index in [2.05, 4.69) is 37.6 Å². The second-order valence-corrected chi connectivity index (χ2v) is 6.32. The highest BCUT2D eigenvalue weighted by atomic mass is 16.5. The van der Waals surface area contributed by atoms with Crippen molar-refractivity contribution in [2.45, 2.75) is 52.2 Å². The molecule has 1 aromatic rings. The smallest absolute Gasteiger partial charge is 0.0812 e. The molecular formula is C15H25NO2. The molecule has 1 N–H and O–H groups in total. The van der Waals surface area contributed by atoms with E-state index in [1.807, 2.05) is 0 Å². The number of aliphatic hydroxyl groups is 1. The molecule has 0 saturated carbocycles. The number of aliphatic hydroxyl groups excluding tert-OH is 1. The van der Waals surface area contributed by atoms with Crippen molar-refractivity contribution >= 4 is 0 Å². The van der Waals surface area contributed by atoms with Crippen LogP contribution in [0.2, 0.25) is 0 Å². The van der Waals surface area contributed by atoms with Gasteiger partial charge in [0, 0.05) is 37.2 Å². The van der Waals surface area contributed by atoms with Crippen LogP contribution in [0.25, 0.3) is 0 Å². The molecule has 1 aliphatic rings. The lowest BCUT2D eigenvalue weighted by atomic mass is 9.75. The van der Waals surface area contributed by atoms with Crippen LogP contribution in [0.1, 0.15) is 57.0 Å². The summed E-state index contributed by atoms with van der Waals surface area (Å²) in [6.45, 7) is 7.46. The summed E-state index contributed by atoms with van der Waals surface area (Å²) in [7, 11) is 1.74. The van der Waals surface area contributed by atoms with E-state index in [0.717, 1.165) is 31.4 Å². The van der Waals surface area contributed by atoms with Gasteiger partial charge in [0.05, 0.1) is 6.10 Å². The summed E-state index contributed by atoms with van der Waals surface area (Å²) < 4.78 is 7.47. The second-order valence-electron chi connectivity index (χ2n) is 6.32. The molecule has 3 nitrogen and oxygen atoms in total. The number of fused-ring (bicyclic) bond motifs is 1. The van der Waals surface area contributed by atoms with E-state index in [-0.39, 0.29) is 11.5 Å². The van der Waals surface area contributed by atoms with E-state index < -0.39 is 0 Å². The van der Waals surface area contributed by atoms with Gasteiger partial charge in [0.15, 0.2) is 0 Å². The zero-order valence-electron chi connectivity index (χ0n) is 11.9. The molecule has 1 aliphatic carbocycles. The third-order valence-corrected chi connectivity index (χ3v) is 4.03. The Bertz CT molecular complexity index is 409. The Morgan fingerprint density at radius 1 is 1.56 bits per heavy atom. The highest BCUT2D eigenvalue weighted by Crippen LogP contribution is 2.41. The van der Waals surface area contributed by atoms with E-state index >= 15 is 0 Å². The topological polar surface area (TPSA) is 34.4 Å². The van der Waals surface area contributed by atoms with Crippen molar-refractivity contribution in [2.24, 2.45) is 5.41 Å². The maximum Gasteiger partial charge on any atom is 0.0812 e. The Morgan fingerprint density at radius 2 is 2.28 bits per heavy atom. The predicted octanol–water partition coefficient (Wildman–Crippen LogP) is 3.09. The fourth-order valence-corrected chi connectivity index (χ4v) is 2.99. The number of aromatic nitrogens is 1. The van der Waals surface area contributed by atoms with Gasteiger partial charge in [0.2, 0.25) is 0 Å². The van der Waals surface area contributed by atoms with E-state index in [0.29, 0.717) is 6.04 Å². The van der Waals surface area contributed by atoms with Crippen molar-refractivity contribution in [3.63, 3.8) is 0 Å². The molecule has 2 unspecified atom stereocenters. The van der Waals surface area contributed by atoms with Gasteiger partial charge in [0.25, 0.3) is 0 Å². The summed E-state index contributed by atoms with van der Waals surface area (Å²) in [6.07, 6.45) is 4.73. The largest absolute Gasteiger partial charge is 0.388 e. The zero-order valence-corrected chi connectivity index (χ0v) is 11.9. The summed E-state index contributed by atoms with van der Waals surface area (Å²) in [4.78, 5) is 0. The number of rotatable bonds is 4. The fraction of sp³-hybridized carbons (Fsp3) is 0.733. The van der Waals surface area contributed by atoms with Gasteiger partial charge in [-0.1, -0.05) is 13.8 Å². The highest BCUT2D eigenvalue weighted by Gasteiger charge is 2.33. The Kier molecular flexibility index (Phi) is 3.83. The average Bonchev–Trinajstić information content (AvgIpc) is 2.68. The van der Waals surface area contributed by atoms with Gasteiger partial charge in [-0.3, -0.25) is 0 Å². The predicted molar refractivity (Wildman–Crippen MR) is 72.7 cm³/mol. The normalized spacial score (nSPS) is 23.7. The van der Waals surface area contributed by atoms with Gasteiger partial charge in [-0.05, 0) is 37.7 Å². The minimum Gasteiger partial charge on any atom is -0.388 e. The van der Waals surface area contributed by atoms with Crippen molar-refractivity contribution in [3.05, 3.63) is 23.5 Å². The SMILES string of the molecule is COCCC(C)n1ccc2c1CC(C)(C)CC2O. The molecule has 0 aromatic carbocycles. The van der Waals surface area contributed by atoms with Gasteiger partial charge in [-0.25, -0.2) is 0 Å². The Morgan fingerprint density at radius 3 is 2.94 bits per heavy atom. The Hall–Kier alpha value is -0.800. The molecular weight excluding hydrogens is 226 g/mol. The van der Waals surface area contributed by atoms with Crippen LogP contribution in [-0.2, 0) is 11.2 Å². The average molecular weight is 251 g/mol. The lowest BCUT2D eigenvalue weighted by Crippen LogP contribution is -2.27. The minimum atomic E-state index is -0.306. The van der Waals surface area contributed by atoms with Crippen LogP contribution in [0.15, 0.2) is 12.3 Å². The number of hydrogen-bond acceptors (Lipinski definition) is 2. The molecule has 0 saturated heterocycles. The Labute approximate surface area is 110 Å². The molecule has 1 heterocycles. The summed E-state index contributed by atoms with van der Waals surface area (Å²) in [5.74, 6) is 0. The molecule has 1 aromatic heterocycles. The molecule has 0 bridgehead atoms. The van der Waals surface area contributed by atoms with Crippen LogP contribution in [0.5, 0.6) is 0 Å². The van der Waals surface area contributed by atoms with Crippen LogP contribution < -0.4 is 0 Å². The summed E-state index contributed by atoms with van der Waals surface area (Å²) in [5.41, 5.74) is 2.62. The summed E-state index contributed by atoms with van der Waals surface area (Å²) >= 11 is 0.